The van der Waals surface area contributed by atoms with Gasteiger partial charge >= 0.3 is 0 Å². The van der Waals surface area contributed by atoms with Crippen LogP contribution in [0.4, 0.5) is 27.2 Å². The minimum Gasteiger partial charge on any atom is -0.397 e. The van der Waals surface area contributed by atoms with Crippen LogP contribution < -0.4 is 21.3 Å². The summed E-state index contributed by atoms with van der Waals surface area (Å²) in [4.78, 5) is 25.8. The van der Waals surface area contributed by atoms with E-state index in [4.69, 9.17) is 5.73 Å². The molecular weight excluding hydrogens is 527 g/mol. The number of pyridine rings is 1. The summed E-state index contributed by atoms with van der Waals surface area (Å²) in [5, 5.41) is 7.77. The minimum atomic E-state index is -0.201. The molecule has 1 aliphatic heterocycles. The van der Waals surface area contributed by atoms with Crippen LogP contribution in [0.15, 0.2) is 91.4 Å². The van der Waals surface area contributed by atoms with Gasteiger partial charge in [-0.25, -0.2) is 9.97 Å². The van der Waals surface area contributed by atoms with Crippen molar-refractivity contribution in [3.05, 3.63) is 107 Å². The fraction of sp³-hybridized carbons (Fsp3) is 0.0690. The highest BCUT2D eigenvalue weighted by Crippen LogP contribution is 2.35. The number of nitrogens with zero attached hydrogens (tertiary/aromatic N) is 4. The van der Waals surface area contributed by atoms with E-state index in [2.05, 4.69) is 72.5 Å². The number of nitrogens with one attached hydrogen (secondary N) is 2. The summed E-state index contributed by atoms with van der Waals surface area (Å²) in [7, 11) is 0. The van der Waals surface area contributed by atoms with E-state index in [9.17, 15) is 4.79 Å². The number of nitrogens with two attached hydrogens (primary N) is 1. The molecule has 0 spiro atoms. The summed E-state index contributed by atoms with van der Waals surface area (Å²) in [6.07, 6.45) is 5.90. The molecular formula is C29H23N7OS2. The van der Waals surface area contributed by atoms with Gasteiger partial charge in [-0.1, -0.05) is 47.7 Å². The van der Waals surface area contributed by atoms with E-state index in [0.29, 0.717) is 16.3 Å². The van der Waals surface area contributed by atoms with E-state index in [1.54, 1.807) is 29.5 Å². The average molecular weight is 550 g/mol. The van der Waals surface area contributed by atoms with Crippen molar-refractivity contribution in [2.45, 2.75) is 13.1 Å². The van der Waals surface area contributed by atoms with Crippen molar-refractivity contribution < 1.29 is 4.79 Å². The lowest BCUT2D eigenvalue weighted by Crippen LogP contribution is -2.14. The van der Waals surface area contributed by atoms with E-state index in [0.717, 1.165) is 45.1 Å². The van der Waals surface area contributed by atoms with Crippen LogP contribution in [0.1, 0.15) is 20.8 Å². The molecule has 0 bridgehead atoms. The highest BCUT2D eigenvalue weighted by atomic mass is 32.1. The number of rotatable bonds is 6. The molecule has 4 aromatic heterocycles. The zero-order valence-electron chi connectivity index (χ0n) is 20.7. The Morgan fingerprint density at radius 1 is 0.872 bits per heavy atom. The summed E-state index contributed by atoms with van der Waals surface area (Å²) in [6.45, 7) is 1.81. The van der Waals surface area contributed by atoms with Gasteiger partial charge in [0.25, 0.3) is 5.91 Å². The number of nitrogen functional groups attached to an aromatic ring is 1. The van der Waals surface area contributed by atoms with E-state index >= 15 is 0 Å². The molecule has 0 saturated carbocycles. The predicted octanol–water partition coefficient (Wildman–Crippen LogP) is 6.62. The smallest absolute Gasteiger partial charge is 0.265 e. The highest BCUT2D eigenvalue weighted by molar-refractivity contribution is 7.20. The number of anilines is 5. The summed E-state index contributed by atoms with van der Waals surface area (Å²) < 4.78 is 2.12. The van der Waals surface area contributed by atoms with Crippen molar-refractivity contribution in [1.29, 1.82) is 0 Å². The van der Waals surface area contributed by atoms with Gasteiger partial charge in [0.2, 0.25) is 0 Å². The van der Waals surface area contributed by atoms with Gasteiger partial charge in [0.05, 0.1) is 43.7 Å². The lowest BCUT2D eigenvalue weighted by Gasteiger charge is -2.18. The van der Waals surface area contributed by atoms with Gasteiger partial charge in [0.1, 0.15) is 5.65 Å². The van der Waals surface area contributed by atoms with Crippen LogP contribution in [0.25, 0.3) is 16.2 Å². The highest BCUT2D eigenvalue weighted by Gasteiger charge is 2.20. The van der Waals surface area contributed by atoms with E-state index in [1.807, 2.05) is 30.6 Å². The molecule has 5 heterocycles. The van der Waals surface area contributed by atoms with Crippen molar-refractivity contribution in [3.63, 3.8) is 0 Å². The molecule has 4 N–H and O–H groups in total. The summed E-state index contributed by atoms with van der Waals surface area (Å²) in [6, 6.07) is 23.7. The normalized spacial score (nSPS) is 12.6. The van der Waals surface area contributed by atoms with Gasteiger partial charge in [-0.05, 0) is 47.5 Å². The summed E-state index contributed by atoms with van der Waals surface area (Å²) in [5.41, 5.74) is 12.9. The van der Waals surface area contributed by atoms with Gasteiger partial charge in [-0.2, -0.15) is 0 Å². The topological polar surface area (TPSA) is 101 Å². The third kappa shape index (κ3) is 4.49. The van der Waals surface area contributed by atoms with Crippen molar-refractivity contribution in [3.8, 4) is 10.6 Å². The maximum absolute atomic E-state index is 12.7. The third-order valence-electron chi connectivity index (χ3n) is 6.72. The van der Waals surface area contributed by atoms with Crippen LogP contribution in [-0.2, 0) is 13.1 Å². The molecule has 8 nitrogen and oxygen atoms in total. The molecule has 10 heteroatoms. The molecule has 0 saturated heterocycles. The predicted molar refractivity (Wildman–Crippen MR) is 159 cm³/mol. The fourth-order valence-electron chi connectivity index (χ4n) is 4.73. The number of carbonyl (C=O) groups is 1. The maximum atomic E-state index is 12.7. The number of para-hydroxylation sites is 2. The minimum absolute atomic E-state index is 0.201. The first-order valence-corrected chi connectivity index (χ1v) is 14.0. The standard InChI is InChI=1S/C29H23N7OS2/c30-21-7-3-4-8-22(21)33-28(37)24-10-12-27(38-24)34-29-32-14-25(39-29)23-13-31-26-11-9-20(17-36(23)26)35-15-18-5-1-2-6-19(18)16-35/h1-14,17H,15-16,30H2,(H,32,34)(H,33,37). The molecule has 192 valence electrons. The van der Waals surface area contributed by atoms with Gasteiger partial charge in [-0.15, -0.1) is 11.3 Å². The Balaban J connectivity index is 1.08. The number of thiazole rings is 1. The Morgan fingerprint density at radius 3 is 2.49 bits per heavy atom. The lowest BCUT2D eigenvalue weighted by atomic mass is 10.1. The zero-order chi connectivity index (χ0) is 26.3. The molecule has 1 aliphatic rings. The van der Waals surface area contributed by atoms with E-state index < -0.39 is 0 Å². The first-order valence-electron chi connectivity index (χ1n) is 12.4. The van der Waals surface area contributed by atoms with Crippen LogP contribution in [0.5, 0.6) is 0 Å². The second-order valence-corrected chi connectivity index (χ2v) is 11.4. The number of fused-ring (bicyclic) bond motifs is 2. The number of hydrogen-bond acceptors (Lipinski definition) is 8. The van der Waals surface area contributed by atoms with Gasteiger partial charge in [0, 0.05) is 25.5 Å². The second-order valence-electron chi connectivity index (χ2n) is 9.24. The number of hydrogen-bond donors (Lipinski definition) is 3. The Morgan fingerprint density at radius 2 is 1.67 bits per heavy atom. The number of thiophene rings is 1. The monoisotopic (exact) mass is 549 g/mol. The molecule has 7 rings (SSSR count). The second kappa shape index (κ2) is 9.57. The average Bonchev–Trinajstić information content (AvgIpc) is 3.75. The quantitative estimate of drug-likeness (QED) is 0.202. The first-order chi connectivity index (χ1) is 19.1. The van der Waals surface area contributed by atoms with Crippen LogP contribution in [0.2, 0.25) is 0 Å². The lowest BCUT2D eigenvalue weighted by molar-refractivity contribution is 0.103. The number of aromatic nitrogens is 3. The fourth-order valence-corrected chi connectivity index (χ4v) is 6.43. The van der Waals surface area contributed by atoms with Crippen molar-refractivity contribution in [2.75, 3.05) is 21.3 Å². The summed E-state index contributed by atoms with van der Waals surface area (Å²) >= 11 is 2.90. The number of imidazole rings is 1. The molecule has 6 aromatic rings. The van der Waals surface area contributed by atoms with Crippen LogP contribution in [0, 0.1) is 0 Å². The Bertz CT molecular complexity index is 1810. The molecule has 0 unspecified atom stereocenters. The molecule has 39 heavy (non-hydrogen) atoms. The first kappa shape index (κ1) is 23.4. The SMILES string of the molecule is Nc1ccccc1NC(=O)c1ccc(Nc2ncc(-c3cnc4ccc(N5Cc6ccccc6C5)cn34)s2)s1. The Hall–Kier alpha value is -4.67. The zero-order valence-corrected chi connectivity index (χ0v) is 22.3. The Labute approximate surface area is 232 Å². The summed E-state index contributed by atoms with van der Waals surface area (Å²) in [5.74, 6) is -0.201. The maximum Gasteiger partial charge on any atom is 0.265 e. The van der Waals surface area contributed by atoms with Crippen molar-refractivity contribution in [2.24, 2.45) is 0 Å². The van der Waals surface area contributed by atoms with E-state index in [-0.39, 0.29) is 5.91 Å². The number of amides is 1. The number of benzene rings is 2. The van der Waals surface area contributed by atoms with Crippen LogP contribution in [-0.4, -0.2) is 20.3 Å². The van der Waals surface area contributed by atoms with Gasteiger partial charge < -0.3 is 21.3 Å². The van der Waals surface area contributed by atoms with E-state index in [1.165, 1.54) is 22.5 Å². The van der Waals surface area contributed by atoms with Crippen molar-refractivity contribution in [1.82, 2.24) is 14.4 Å². The molecule has 2 aromatic carbocycles. The molecule has 1 amide bonds. The molecule has 0 radical (unpaired) electrons. The molecule has 0 atom stereocenters. The van der Waals surface area contributed by atoms with Crippen molar-refractivity contribution >= 4 is 61.4 Å². The van der Waals surface area contributed by atoms with Gasteiger partial charge in [-0.3, -0.25) is 9.20 Å². The molecule has 0 aliphatic carbocycles. The third-order valence-corrected chi connectivity index (χ3v) is 8.66. The van der Waals surface area contributed by atoms with Gasteiger partial charge in [0.15, 0.2) is 5.13 Å². The number of carbonyl (C=O) groups excluding carboxylic acids is 1. The molecule has 0 fully saturated rings. The largest absolute Gasteiger partial charge is 0.397 e. The van der Waals surface area contributed by atoms with Crippen LogP contribution in [0.3, 0.4) is 0 Å². The Kier molecular flexibility index (Phi) is 5.75. The van der Waals surface area contributed by atoms with Crippen LogP contribution >= 0.6 is 22.7 Å².